The second kappa shape index (κ2) is 5.92. The summed E-state index contributed by atoms with van der Waals surface area (Å²) in [7, 11) is 0. The Morgan fingerprint density at radius 1 is 0.944 bits per heavy atom. The Labute approximate surface area is 113 Å². The SMILES string of the molecule is CCCNC1CCC(N2CC3CCCC3C2)CC1. The predicted molar refractivity (Wildman–Crippen MR) is 76.7 cm³/mol. The molecule has 1 saturated heterocycles. The van der Waals surface area contributed by atoms with E-state index in [0.29, 0.717) is 0 Å². The average molecular weight is 250 g/mol. The Kier molecular flexibility index (Phi) is 4.25. The van der Waals surface area contributed by atoms with Crippen molar-refractivity contribution in [1.29, 1.82) is 0 Å². The van der Waals surface area contributed by atoms with Gasteiger partial charge in [0.05, 0.1) is 0 Å². The van der Waals surface area contributed by atoms with Crippen molar-refractivity contribution >= 4 is 0 Å². The van der Waals surface area contributed by atoms with Gasteiger partial charge in [0.1, 0.15) is 0 Å². The lowest BCUT2D eigenvalue weighted by Gasteiger charge is -2.35. The molecule has 0 aromatic heterocycles. The molecule has 0 amide bonds. The van der Waals surface area contributed by atoms with E-state index < -0.39 is 0 Å². The lowest BCUT2D eigenvalue weighted by molar-refractivity contribution is 0.163. The highest BCUT2D eigenvalue weighted by Crippen LogP contribution is 2.40. The average Bonchev–Trinajstić information content (AvgIpc) is 2.97. The molecule has 18 heavy (non-hydrogen) atoms. The molecule has 0 aromatic rings. The summed E-state index contributed by atoms with van der Waals surface area (Å²) in [5, 5.41) is 3.70. The zero-order valence-electron chi connectivity index (χ0n) is 12.0. The first-order chi connectivity index (χ1) is 8.86. The van der Waals surface area contributed by atoms with Crippen LogP contribution in [0.3, 0.4) is 0 Å². The number of hydrogen-bond donors (Lipinski definition) is 1. The summed E-state index contributed by atoms with van der Waals surface area (Å²) in [6, 6.07) is 1.75. The van der Waals surface area contributed by atoms with E-state index in [4.69, 9.17) is 0 Å². The van der Waals surface area contributed by atoms with Gasteiger partial charge in [-0.1, -0.05) is 13.3 Å². The fourth-order valence-electron chi connectivity index (χ4n) is 4.56. The standard InChI is InChI=1S/C16H30N2/c1-2-10-17-15-6-8-16(9-7-15)18-11-13-4-3-5-14(13)12-18/h13-17H,2-12H2,1H3. The van der Waals surface area contributed by atoms with Crippen molar-refractivity contribution in [2.45, 2.75) is 70.4 Å². The number of nitrogens with one attached hydrogen (secondary N) is 1. The zero-order valence-corrected chi connectivity index (χ0v) is 12.0. The Morgan fingerprint density at radius 2 is 1.61 bits per heavy atom. The fraction of sp³-hybridized carbons (Fsp3) is 1.00. The number of hydrogen-bond acceptors (Lipinski definition) is 2. The summed E-state index contributed by atoms with van der Waals surface area (Å²) >= 11 is 0. The van der Waals surface area contributed by atoms with E-state index in [1.165, 1.54) is 71.0 Å². The van der Waals surface area contributed by atoms with Gasteiger partial charge in [-0.05, 0) is 63.3 Å². The van der Waals surface area contributed by atoms with Crippen LogP contribution in [-0.2, 0) is 0 Å². The second-order valence-electron chi connectivity index (χ2n) is 6.86. The third-order valence-electron chi connectivity index (χ3n) is 5.65. The molecule has 2 nitrogen and oxygen atoms in total. The monoisotopic (exact) mass is 250 g/mol. The van der Waals surface area contributed by atoms with Gasteiger partial charge in [-0.2, -0.15) is 0 Å². The fourth-order valence-corrected chi connectivity index (χ4v) is 4.56. The van der Waals surface area contributed by atoms with E-state index in [9.17, 15) is 0 Å². The van der Waals surface area contributed by atoms with Crippen LogP contribution in [0.2, 0.25) is 0 Å². The summed E-state index contributed by atoms with van der Waals surface area (Å²) in [5.74, 6) is 2.14. The molecule has 1 heterocycles. The Balaban J connectivity index is 1.43. The molecule has 3 rings (SSSR count). The van der Waals surface area contributed by atoms with Gasteiger partial charge in [0.15, 0.2) is 0 Å². The van der Waals surface area contributed by atoms with Crippen molar-refractivity contribution in [3.05, 3.63) is 0 Å². The molecule has 0 aromatic carbocycles. The van der Waals surface area contributed by atoms with Crippen molar-refractivity contribution in [3.8, 4) is 0 Å². The van der Waals surface area contributed by atoms with Crippen molar-refractivity contribution in [2.24, 2.45) is 11.8 Å². The molecule has 3 fully saturated rings. The first kappa shape index (κ1) is 12.9. The predicted octanol–water partition coefficient (Wildman–Crippen LogP) is 3.03. The third-order valence-corrected chi connectivity index (χ3v) is 5.65. The third kappa shape index (κ3) is 2.75. The number of likely N-dealkylation sites (tertiary alicyclic amines) is 1. The molecule has 1 aliphatic heterocycles. The van der Waals surface area contributed by atoms with Crippen LogP contribution in [-0.4, -0.2) is 36.6 Å². The van der Waals surface area contributed by atoms with Crippen molar-refractivity contribution in [1.82, 2.24) is 10.2 Å². The van der Waals surface area contributed by atoms with Crippen LogP contribution in [0.25, 0.3) is 0 Å². The van der Waals surface area contributed by atoms with Gasteiger partial charge in [0.25, 0.3) is 0 Å². The molecule has 2 heteroatoms. The van der Waals surface area contributed by atoms with Crippen molar-refractivity contribution < 1.29 is 0 Å². The Hall–Kier alpha value is -0.0800. The topological polar surface area (TPSA) is 15.3 Å². The molecular weight excluding hydrogens is 220 g/mol. The van der Waals surface area contributed by atoms with E-state index in [1.807, 2.05) is 0 Å². The summed E-state index contributed by atoms with van der Waals surface area (Å²) in [5.41, 5.74) is 0. The van der Waals surface area contributed by atoms with E-state index in [2.05, 4.69) is 17.1 Å². The summed E-state index contributed by atoms with van der Waals surface area (Å²) in [6.45, 7) is 6.34. The first-order valence-electron chi connectivity index (χ1n) is 8.34. The zero-order chi connectivity index (χ0) is 12.4. The van der Waals surface area contributed by atoms with Gasteiger partial charge in [-0.3, -0.25) is 4.90 Å². The van der Waals surface area contributed by atoms with Crippen LogP contribution < -0.4 is 5.32 Å². The highest BCUT2D eigenvalue weighted by atomic mass is 15.2. The van der Waals surface area contributed by atoms with Crippen molar-refractivity contribution in [3.63, 3.8) is 0 Å². The van der Waals surface area contributed by atoms with Gasteiger partial charge in [0.2, 0.25) is 0 Å². The van der Waals surface area contributed by atoms with Gasteiger partial charge in [0, 0.05) is 25.2 Å². The lowest BCUT2D eigenvalue weighted by atomic mass is 9.90. The smallest absolute Gasteiger partial charge is 0.00966 e. The van der Waals surface area contributed by atoms with Gasteiger partial charge >= 0.3 is 0 Å². The minimum atomic E-state index is 0.823. The Bertz CT molecular complexity index is 246. The van der Waals surface area contributed by atoms with Crippen LogP contribution in [0, 0.1) is 11.8 Å². The van der Waals surface area contributed by atoms with Gasteiger partial charge in [-0.25, -0.2) is 0 Å². The normalized spacial score (nSPS) is 41.2. The molecule has 2 saturated carbocycles. The summed E-state index contributed by atoms with van der Waals surface area (Å²) in [6.07, 6.45) is 11.5. The van der Waals surface area contributed by atoms with Crippen LogP contribution in [0.5, 0.6) is 0 Å². The largest absolute Gasteiger partial charge is 0.314 e. The summed E-state index contributed by atoms with van der Waals surface area (Å²) < 4.78 is 0. The maximum atomic E-state index is 3.70. The molecule has 0 bridgehead atoms. The quantitative estimate of drug-likeness (QED) is 0.825. The van der Waals surface area contributed by atoms with E-state index in [0.717, 1.165) is 23.9 Å². The minimum absolute atomic E-state index is 0.823. The highest BCUT2D eigenvalue weighted by Gasteiger charge is 2.39. The summed E-state index contributed by atoms with van der Waals surface area (Å²) in [4.78, 5) is 2.85. The molecule has 0 radical (unpaired) electrons. The number of fused-ring (bicyclic) bond motifs is 1. The van der Waals surface area contributed by atoms with Crippen LogP contribution in [0.4, 0.5) is 0 Å². The highest BCUT2D eigenvalue weighted by molar-refractivity contribution is 4.93. The van der Waals surface area contributed by atoms with Crippen LogP contribution in [0.1, 0.15) is 58.3 Å². The van der Waals surface area contributed by atoms with Crippen molar-refractivity contribution in [2.75, 3.05) is 19.6 Å². The molecule has 0 spiro atoms. The van der Waals surface area contributed by atoms with Gasteiger partial charge < -0.3 is 5.32 Å². The van der Waals surface area contributed by atoms with E-state index >= 15 is 0 Å². The molecular formula is C16H30N2. The Morgan fingerprint density at radius 3 is 2.22 bits per heavy atom. The van der Waals surface area contributed by atoms with Crippen LogP contribution in [0.15, 0.2) is 0 Å². The molecule has 3 aliphatic rings. The lowest BCUT2D eigenvalue weighted by Crippen LogP contribution is -2.42. The van der Waals surface area contributed by atoms with Gasteiger partial charge in [-0.15, -0.1) is 0 Å². The van der Waals surface area contributed by atoms with Crippen LogP contribution >= 0.6 is 0 Å². The molecule has 2 atom stereocenters. The molecule has 2 unspecified atom stereocenters. The van der Waals surface area contributed by atoms with E-state index in [1.54, 1.807) is 0 Å². The maximum absolute atomic E-state index is 3.70. The molecule has 1 N–H and O–H groups in total. The van der Waals surface area contributed by atoms with E-state index in [-0.39, 0.29) is 0 Å². The maximum Gasteiger partial charge on any atom is 0.00966 e. The molecule has 104 valence electrons. The minimum Gasteiger partial charge on any atom is -0.314 e. The number of rotatable bonds is 4. The second-order valence-corrected chi connectivity index (χ2v) is 6.86. The number of nitrogens with zero attached hydrogens (tertiary/aromatic N) is 1. The molecule has 2 aliphatic carbocycles. The first-order valence-corrected chi connectivity index (χ1v) is 8.34.